The lowest BCUT2D eigenvalue weighted by atomic mass is 10.2. The summed E-state index contributed by atoms with van der Waals surface area (Å²) in [6, 6.07) is 13.2. The summed E-state index contributed by atoms with van der Waals surface area (Å²) >= 11 is 0. The molecule has 0 N–H and O–H groups in total. The Hall–Kier alpha value is -2.60. The largest absolute Gasteiger partial charge is 0.465 e. The molecule has 0 saturated heterocycles. The quantitative estimate of drug-likeness (QED) is 0.693. The Morgan fingerprint density at radius 1 is 1.04 bits per heavy atom. The highest BCUT2D eigenvalue weighted by molar-refractivity contribution is 7.90. The third-order valence-electron chi connectivity index (χ3n) is 3.66. The SMILES string of the molecule is COC(=O)c1ccc2ccn(S(=O)(=O)c3ccc(C)cc3)c2c1. The molecule has 0 aliphatic heterocycles. The lowest BCUT2D eigenvalue weighted by molar-refractivity contribution is 0.0601. The smallest absolute Gasteiger partial charge is 0.337 e. The van der Waals surface area contributed by atoms with E-state index in [1.54, 1.807) is 42.5 Å². The van der Waals surface area contributed by atoms with Crippen molar-refractivity contribution in [3.05, 3.63) is 65.9 Å². The minimum absolute atomic E-state index is 0.198. The van der Waals surface area contributed by atoms with Gasteiger partial charge in [0, 0.05) is 11.6 Å². The third kappa shape index (κ3) is 2.61. The summed E-state index contributed by atoms with van der Waals surface area (Å²) < 4.78 is 31.5. The number of methoxy groups -OCH3 is 1. The van der Waals surface area contributed by atoms with Gasteiger partial charge < -0.3 is 4.74 Å². The number of nitrogens with zero attached hydrogens (tertiary/aromatic N) is 1. The Balaban J connectivity index is 2.19. The van der Waals surface area contributed by atoms with Crippen LogP contribution in [0.3, 0.4) is 0 Å². The van der Waals surface area contributed by atoms with Crippen LogP contribution in [0.1, 0.15) is 15.9 Å². The third-order valence-corrected chi connectivity index (χ3v) is 5.36. The zero-order valence-electron chi connectivity index (χ0n) is 12.7. The van der Waals surface area contributed by atoms with Gasteiger partial charge in [0.05, 0.1) is 23.1 Å². The number of carbonyl (C=O) groups is 1. The van der Waals surface area contributed by atoms with Crippen LogP contribution in [0.4, 0.5) is 0 Å². The van der Waals surface area contributed by atoms with Gasteiger partial charge in [0.2, 0.25) is 0 Å². The first-order chi connectivity index (χ1) is 10.9. The molecule has 0 spiro atoms. The fourth-order valence-corrected chi connectivity index (χ4v) is 3.73. The maximum absolute atomic E-state index is 12.8. The number of benzene rings is 2. The fraction of sp³-hybridized carbons (Fsp3) is 0.118. The molecule has 0 radical (unpaired) electrons. The summed E-state index contributed by atoms with van der Waals surface area (Å²) in [4.78, 5) is 11.9. The minimum Gasteiger partial charge on any atom is -0.465 e. The van der Waals surface area contributed by atoms with E-state index in [-0.39, 0.29) is 4.90 Å². The van der Waals surface area contributed by atoms with E-state index in [1.807, 2.05) is 6.92 Å². The van der Waals surface area contributed by atoms with E-state index in [9.17, 15) is 13.2 Å². The maximum atomic E-state index is 12.8. The zero-order valence-corrected chi connectivity index (χ0v) is 13.5. The summed E-state index contributed by atoms with van der Waals surface area (Å²) in [6.07, 6.45) is 1.49. The molecule has 0 bridgehead atoms. The zero-order chi connectivity index (χ0) is 16.6. The Labute approximate surface area is 134 Å². The van der Waals surface area contributed by atoms with E-state index in [1.165, 1.54) is 23.3 Å². The van der Waals surface area contributed by atoms with Crippen LogP contribution >= 0.6 is 0 Å². The van der Waals surface area contributed by atoms with Crippen molar-refractivity contribution in [2.24, 2.45) is 0 Å². The Bertz CT molecular complexity index is 985. The molecular weight excluding hydrogens is 314 g/mol. The van der Waals surface area contributed by atoms with Crippen molar-refractivity contribution in [2.45, 2.75) is 11.8 Å². The number of carbonyl (C=O) groups excluding carboxylic acids is 1. The highest BCUT2D eigenvalue weighted by Gasteiger charge is 2.19. The molecule has 3 aromatic rings. The number of esters is 1. The molecule has 0 unspecified atom stereocenters. The van der Waals surface area contributed by atoms with Gasteiger partial charge in [-0.1, -0.05) is 23.8 Å². The highest BCUT2D eigenvalue weighted by atomic mass is 32.2. The second kappa shape index (κ2) is 5.55. The molecule has 0 saturated carbocycles. The van der Waals surface area contributed by atoms with Crippen molar-refractivity contribution >= 4 is 26.9 Å². The molecule has 0 aliphatic carbocycles. The molecule has 0 amide bonds. The number of fused-ring (bicyclic) bond motifs is 1. The Morgan fingerprint density at radius 2 is 1.74 bits per heavy atom. The van der Waals surface area contributed by atoms with Crippen LogP contribution in [0, 0.1) is 6.92 Å². The molecule has 2 aromatic carbocycles. The topological polar surface area (TPSA) is 65.4 Å². The number of hydrogen-bond donors (Lipinski definition) is 0. The van der Waals surface area contributed by atoms with E-state index >= 15 is 0 Å². The van der Waals surface area contributed by atoms with E-state index in [0.29, 0.717) is 11.1 Å². The summed E-state index contributed by atoms with van der Waals surface area (Å²) in [7, 11) is -2.44. The monoisotopic (exact) mass is 329 g/mol. The second-order valence-electron chi connectivity index (χ2n) is 5.19. The molecule has 6 heteroatoms. The predicted molar refractivity (Wildman–Crippen MR) is 87.0 cm³/mol. The van der Waals surface area contributed by atoms with E-state index < -0.39 is 16.0 Å². The van der Waals surface area contributed by atoms with Crippen LogP contribution in [-0.4, -0.2) is 25.5 Å². The van der Waals surface area contributed by atoms with Crippen molar-refractivity contribution in [2.75, 3.05) is 7.11 Å². The van der Waals surface area contributed by atoms with Gasteiger partial charge in [-0.15, -0.1) is 0 Å². The summed E-state index contributed by atoms with van der Waals surface area (Å²) in [5.74, 6) is -0.507. The number of rotatable bonds is 3. The van der Waals surface area contributed by atoms with Gasteiger partial charge in [-0.25, -0.2) is 17.2 Å². The Kier molecular flexibility index (Phi) is 3.69. The molecule has 1 heterocycles. The van der Waals surface area contributed by atoms with E-state index in [2.05, 4.69) is 4.74 Å². The van der Waals surface area contributed by atoms with Gasteiger partial charge in [0.15, 0.2) is 0 Å². The molecule has 1 aromatic heterocycles. The number of ether oxygens (including phenoxy) is 1. The number of aryl methyl sites for hydroxylation is 1. The molecular formula is C17H15NO4S. The molecule has 118 valence electrons. The van der Waals surface area contributed by atoms with Gasteiger partial charge in [0.25, 0.3) is 10.0 Å². The van der Waals surface area contributed by atoms with Crippen molar-refractivity contribution in [3.8, 4) is 0 Å². The maximum Gasteiger partial charge on any atom is 0.337 e. The summed E-state index contributed by atoms with van der Waals surface area (Å²) in [5.41, 5.74) is 1.72. The lowest BCUT2D eigenvalue weighted by Gasteiger charge is -2.08. The van der Waals surface area contributed by atoms with E-state index in [0.717, 1.165) is 10.9 Å². The van der Waals surface area contributed by atoms with Gasteiger partial charge in [-0.05, 0) is 37.3 Å². The molecule has 0 aliphatic rings. The van der Waals surface area contributed by atoms with Gasteiger partial charge in [0.1, 0.15) is 0 Å². The molecule has 3 rings (SSSR count). The van der Waals surface area contributed by atoms with Crippen molar-refractivity contribution in [1.82, 2.24) is 3.97 Å². The van der Waals surface area contributed by atoms with Gasteiger partial charge in [-0.2, -0.15) is 0 Å². The van der Waals surface area contributed by atoms with Crippen LogP contribution in [-0.2, 0) is 14.8 Å². The van der Waals surface area contributed by atoms with E-state index in [4.69, 9.17) is 0 Å². The molecule has 0 fully saturated rings. The first-order valence-electron chi connectivity index (χ1n) is 6.95. The van der Waals surface area contributed by atoms with Crippen LogP contribution in [0.2, 0.25) is 0 Å². The van der Waals surface area contributed by atoms with Crippen LogP contribution in [0.25, 0.3) is 10.9 Å². The second-order valence-corrected chi connectivity index (χ2v) is 7.01. The highest BCUT2D eigenvalue weighted by Crippen LogP contribution is 2.23. The standard InChI is InChI=1S/C17H15NO4S/c1-12-3-7-15(8-4-12)23(20,21)18-10-9-13-5-6-14(11-16(13)18)17(19)22-2/h3-11H,1-2H3. The molecule has 5 nitrogen and oxygen atoms in total. The summed E-state index contributed by atoms with van der Waals surface area (Å²) in [6.45, 7) is 1.89. The predicted octanol–water partition coefficient (Wildman–Crippen LogP) is 2.97. The van der Waals surface area contributed by atoms with Crippen LogP contribution in [0.15, 0.2) is 59.6 Å². The van der Waals surface area contributed by atoms with Crippen LogP contribution in [0.5, 0.6) is 0 Å². The Morgan fingerprint density at radius 3 is 2.39 bits per heavy atom. The van der Waals surface area contributed by atoms with Crippen molar-refractivity contribution in [3.63, 3.8) is 0 Å². The number of hydrogen-bond acceptors (Lipinski definition) is 4. The van der Waals surface area contributed by atoms with Gasteiger partial charge >= 0.3 is 5.97 Å². The average molecular weight is 329 g/mol. The number of aromatic nitrogens is 1. The lowest BCUT2D eigenvalue weighted by Crippen LogP contribution is -2.12. The molecule has 0 atom stereocenters. The first kappa shape index (κ1) is 15.3. The van der Waals surface area contributed by atoms with Crippen LogP contribution < -0.4 is 0 Å². The fourth-order valence-electron chi connectivity index (χ4n) is 2.38. The summed E-state index contributed by atoms with van der Waals surface area (Å²) in [5, 5.41) is 0.730. The normalized spacial score (nSPS) is 11.6. The minimum atomic E-state index is -3.72. The first-order valence-corrected chi connectivity index (χ1v) is 8.39. The van der Waals surface area contributed by atoms with Gasteiger partial charge in [-0.3, -0.25) is 0 Å². The van der Waals surface area contributed by atoms with Crippen molar-refractivity contribution < 1.29 is 17.9 Å². The van der Waals surface area contributed by atoms with Crippen molar-refractivity contribution in [1.29, 1.82) is 0 Å². The average Bonchev–Trinajstić information content (AvgIpc) is 2.98. The molecule has 23 heavy (non-hydrogen) atoms.